The van der Waals surface area contributed by atoms with Crippen molar-refractivity contribution in [2.45, 2.75) is 31.3 Å². The average Bonchev–Trinajstić information content (AvgIpc) is 3.17. The van der Waals surface area contributed by atoms with E-state index in [1.807, 2.05) is 6.07 Å². The second-order valence-electron chi connectivity index (χ2n) is 7.82. The van der Waals surface area contributed by atoms with E-state index in [0.717, 1.165) is 16.8 Å². The molecule has 0 atom stereocenters. The van der Waals surface area contributed by atoms with Gasteiger partial charge in [-0.25, -0.2) is 9.98 Å². The van der Waals surface area contributed by atoms with Crippen LogP contribution in [0.4, 0.5) is 11.5 Å². The lowest BCUT2D eigenvalue weighted by Gasteiger charge is -2.09. The van der Waals surface area contributed by atoms with E-state index in [-0.39, 0.29) is 23.9 Å². The minimum Gasteiger partial charge on any atom is -0.459 e. The van der Waals surface area contributed by atoms with Gasteiger partial charge in [-0.2, -0.15) is 0 Å². The van der Waals surface area contributed by atoms with E-state index in [2.05, 4.69) is 15.3 Å². The maximum Gasteiger partial charge on any atom is 0.291 e. The van der Waals surface area contributed by atoms with Crippen LogP contribution in [-0.2, 0) is 17.6 Å². The van der Waals surface area contributed by atoms with E-state index in [1.54, 1.807) is 36.5 Å². The third kappa shape index (κ3) is 3.89. The Bertz CT molecular complexity index is 1230. The Labute approximate surface area is 182 Å². The van der Waals surface area contributed by atoms with Crippen LogP contribution in [0, 0.1) is 0 Å². The van der Waals surface area contributed by atoms with Crippen molar-refractivity contribution >= 4 is 40.5 Å². The summed E-state index contributed by atoms with van der Waals surface area (Å²) in [6.07, 6.45) is 4.78. The Morgan fingerprint density at radius 3 is 2.81 bits per heavy atom. The standard InChI is InChI=1S/C23H18ClN3O4/c24-17-4-3-15(26-22(29)19-2-1-7-31-19)11-16(17)18-10-14-8-13(12-25-21(14)27-18)9-20(28)23(30)5-6-23/h1-4,7-8,11-12,30H,5-6,9-10H2,(H,26,29). The van der Waals surface area contributed by atoms with Crippen LogP contribution >= 0.6 is 11.6 Å². The number of aromatic nitrogens is 1. The van der Waals surface area contributed by atoms with E-state index in [1.165, 1.54) is 6.26 Å². The number of hydrogen-bond acceptors (Lipinski definition) is 6. The molecule has 156 valence electrons. The number of aliphatic imine (C=N–C) groups is 1. The van der Waals surface area contributed by atoms with Crippen LogP contribution in [0.2, 0.25) is 5.02 Å². The van der Waals surface area contributed by atoms with E-state index in [9.17, 15) is 14.7 Å². The van der Waals surface area contributed by atoms with Crippen molar-refractivity contribution in [3.05, 3.63) is 76.3 Å². The zero-order valence-electron chi connectivity index (χ0n) is 16.4. The number of hydrogen-bond donors (Lipinski definition) is 2. The monoisotopic (exact) mass is 435 g/mol. The van der Waals surface area contributed by atoms with Crippen molar-refractivity contribution in [1.29, 1.82) is 0 Å². The second-order valence-corrected chi connectivity index (χ2v) is 8.23. The number of Topliss-reactive ketones (excluding diaryl/α,β-unsaturated/α-hetero) is 1. The van der Waals surface area contributed by atoms with E-state index < -0.39 is 5.60 Å². The second kappa shape index (κ2) is 7.44. The molecule has 0 unspecified atom stereocenters. The first-order valence-electron chi connectivity index (χ1n) is 9.87. The highest BCUT2D eigenvalue weighted by atomic mass is 35.5. The number of ketones is 1. The Hall–Kier alpha value is -3.29. The fraction of sp³-hybridized carbons (Fsp3) is 0.217. The first-order chi connectivity index (χ1) is 14.9. The molecule has 3 heterocycles. The van der Waals surface area contributed by atoms with Gasteiger partial charge in [0.1, 0.15) is 5.60 Å². The summed E-state index contributed by atoms with van der Waals surface area (Å²) in [5.41, 5.74) is 2.49. The number of nitrogens with zero attached hydrogens (tertiary/aromatic N) is 2. The quantitative estimate of drug-likeness (QED) is 0.611. The Morgan fingerprint density at radius 1 is 1.23 bits per heavy atom. The summed E-state index contributed by atoms with van der Waals surface area (Å²) in [7, 11) is 0. The number of furan rings is 1. The van der Waals surface area contributed by atoms with Crippen LogP contribution in [0.5, 0.6) is 0 Å². The molecule has 0 radical (unpaired) electrons. The fourth-order valence-corrected chi connectivity index (χ4v) is 3.78. The number of aliphatic hydroxyl groups is 1. The molecule has 31 heavy (non-hydrogen) atoms. The summed E-state index contributed by atoms with van der Waals surface area (Å²) in [5.74, 6) is 0.265. The summed E-state index contributed by atoms with van der Waals surface area (Å²) in [5, 5.41) is 13.3. The summed E-state index contributed by atoms with van der Waals surface area (Å²) < 4.78 is 5.12. The van der Waals surface area contributed by atoms with Crippen molar-refractivity contribution in [3.63, 3.8) is 0 Å². The molecule has 2 aliphatic rings. The number of anilines is 1. The van der Waals surface area contributed by atoms with Crippen LogP contribution in [-0.4, -0.2) is 33.1 Å². The molecule has 0 spiro atoms. The molecule has 0 saturated heterocycles. The van der Waals surface area contributed by atoms with Crippen molar-refractivity contribution in [1.82, 2.24) is 4.98 Å². The van der Waals surface area contributed by atoms with Crippen LogP contribution in [0.15, 0.2) is 58.3 Å². The van der Waals surface area contributed by atoms with Gasteiger partial charge in [-0.05, 0) is 54.8 Å². The maximum atomic E-state index is 12.2. The first-order valence-corrected chi connectivity index (χ1v) is 10.2. The minimum absolute atomic E-state index is 0.154. The highest BCUT2D eigenvalue weighted by Crippen LogP contribution is 2.37. The zero-order chi connectivity index (χ0) is 21.6. The lowest BCUT2D eigenvalue weighted by Crippen LogP contribution is -2.23. The summed E-state index contributed by atoms with van der Waals surface area (Å²) >= 11 is 6.41. The molecular formula is C23H18ClN3O4. The number of nitrogens with one attached hydrogen (secondary N) is 1. The predicted octanol–water partition coefficient (Wildman–Crippen LogP) is 3.89. The lowest BCUT2D eigenvalue weighted by molar-refractivity contribution is -0.128. The summed E-state index contributed by atoms with van der Waals surface area (Å²) in [4.78, 5) is 33.4. The highest BCUT2D eigenvalue weighted by Gasteiger charge is 2.47. The van der Waals surface area contributed by atoms with Gasteiger partial charge in [0, 0.05) is 40.9 Å². The Balaban J connectivity index is 1.34. The zero-order valence-corrected chi connectivity index (χ0v) is 17.1. The number of amides is 1. The predicted molar refractivity (Wildman–Crippen MR) is 115 cm³/mol. The third-order valence-corrected chi connectivity index (χ3v) is 5.82. The van der Waals surface area contributed by atoms with Gasteiger partial charge in [-0.1, -0.05) is 11.6 Å². The van der Waals surface area contributed by atoms with Gasteiger partial charge in [-0.15, -0.1) is 0 Å². The van der Waals surface area contributed by atoms with Gasteiger partial charge in [0.15, 0.2) is 17.4 Å². The molecule has 1 aliphatic heterocycles. The number of pyridine rings is 1. The van der Waals surface area contributed by atoms with Gasteiger partial charge in [-0.3, -0.25) is 9.59 Å². The molecule has 7 nitrogen and oxygen atoms in total. The molecule has 1 amide bonds. The normalized spacial score (nSPS) is 15.9. The molecule has 5 rings (SSSR count). The largest absolute Gasteiger partial charge is 0.459 e. The van der Waals surface area contributed by atoms with Crippen molar-refractivity contribution in [2.75, 3.05) is 5.32 Å². The van der Waals surface area contributed by atoms with E-state index in [0.29, 0.717) is 41.4 Å². The number of rotatable bonds is 6. The molecule has 8 heteroatoms. The number of fused-ring (bicyclic) bond motifs is 1. The highest BCUT2D eigenvalue weighted by molar-refractivity contribution is 6.34. The average molecular weight is 436 g/mol. The van der Waals surface area contributed by atoms with Gasteiger partial charge < -0.3 is 14.8 Å². The van der Waals surface area contributed by atoms with Gasteiger partial charge in [0.05, 0.1) is 12.0 Å². The molecule has 1 aliphatic carbocycles. The van der Waals surface area contributed by atoms with Gasteiger partial charge in [0.25, 0.3) is 5.91 Å². The Morgan fingerprint density at radius 2 is 2.06 bits per heavy atom. The van der Waals surface area contributed by atoms with Crippen LogP contribution in [0.1, 0.15) is 40.1 Å². The topological polar surface area (TPSA) is 105 Å². The SMILES string of the molecule is O=C(Nc1ccc(Cl)c(C2=Nc3ncc(CC(=O)C4(O)CC4)cc3C2)c1)c1ccco1. The molecule has 2 aromatic heterocycles. The number of carbonyl (C=O) groups excluding carboxylic acids is 2. The van der Waals surface area contributed by atoms with Crippen LogP contribution in [0.25, 0.3) is 0 Å². The van der Waals surface area contributed by atoms with Gasteiger partial charge in [0.2, 0.25) is 0 Å². The summed E-state index contributed by atoms with van der Waals surface area (Å²) in [6.45, 7) is 0. The van der Waals surface area contributed by atoms with Crippen molar-refractivity contribution < 1.29 is 19.1 Å². The first kappa shape index (κ1) is 19.7. The molecule has 2 N–H and O–H groups in total. The number of halogens is 1. The molecule has 1 fully saturated rings. The molecule has 1 saturated carbocycles. The molecule has 3 aromatic rings. The maximum absolute atomic E-state index is 12.2. The smallest absolute Gasteiger partial charge is 0.291 e. The molecule has 1 aromatic carbocycles. The fourth-order valence-electron chi connectivity index (χ4n) is 3.56. The molecular weight excluding hydrogens is 418 g/mol. The van der Waals surface area contributed by atoms with Crippen LogP contribution in [0.3, 0.4) is 0 Å². The van der Waals surface area contributed by atoms with Crippen LogP contribution < -0.4 is 5.32 Å². The van der Waals surface area contributed by atoms with Gasteiger partial charge >= 0.3 is 0 Å². The number of benzene rings is 1. The molecule has 0 bridgehead atoms. The Kier molecular flexibility index (Phi) is 4.72. The van der Waals surface area contributed by atoms with Crippen molar-refractivity contribution in [3.8, 4) is 0 Å². The van der Waals surface area contributed by atoms with E-state index in [4.69, 9.17) is 16.0 Å². The number of carbonyl (C=O) groups is 2. The van der Waals surface area contributed by atoms with E-state index >= 15 is 0 Å². The minimum atomic E-state index is -1.14. The van der Waals surface area contributed by atoms with Crippen molar-refractivity contribution in [2.24, 2.45) is 4.99 Å². The lowest BCUT2D eigenvalue weighted by atomic mass is 10.0. The third-order valence-electron chi connectivity index (χ3n) is 5.49. The summed E-state index contributed by atoms with van der Waals surface area (Å²) in [6, 6.07) is 10.3.